The zero-order chi connectivity index (χ0) is 20.4. The van der Waals surface area contributed by atoms with E-state index >= 15 is 0 Å². The first-order valence-corrected chi connectivity index (χ1v) is 9.17. The van der Waals surface area contributed by atoms with E-state index in [0.717, 1.165) is 0 Å². The molecule has 1 saturated carbocycles. The van der Waals surface area contributed by atoms with Crippen LogP contribution in [-0.4, -0.2) is 49.6 Å². The van der Waals surface area contributed by atoms with Crippen molar-refractivity contribution >= 4 is 5.91 Å². The molecule has 1 aromatic heterocycles. The molecule has 0 bridgehead atoms. The van der Waals surface area contributed by atoms with E-state index in [9.17, 15) is 18.7 Å². The number of halogens is 2. The van der Waals surface area contributed by atoms with Crippen molar-refractivity contribution in [2.45, 2.75) is 57.5 Å². The molecule has 1 N–H and O–H groups in total. The quantitative estimate of drug-likeness (QED) is 0.788. The molecule has 0 radical (unpaired) electrons. The largest absolute Gasteiger partial charge is 0.390 e. The lowest BCUT2D eigenvalue weighted by molar-refractivity contribution is -0.196. The summed E-state index contributed by atoms with van der Waals surface area (Å²) in [5.74, 6) is -3.30. The van der Waals surface area contributed by atoms with Crippen molar-refractivity contribution in [3.8, 4) is 0 Å². The molecule has 1 amide bonds. The molecule has 0 atom stereocenters. The van der Waals surface area contributed by atoms with Crippen molar-refractivity contribution in [2.24, 2.45) is 5.92 Å². The van der Waals surface area contributed by atoms with Crippen LogP contribution in [0.3, 0.4) is 0 Å². The Morgan fingerprint density at radius 3 is 2.68 bits per heavy atom. The number of nitrogens with zero attached hydrogens (tertiary/aromatic N) is 4. The maximum atomic E-state index is 13.5. The predicted octanol–water partition coefficient (Wildman–Crippen LogP) is 2.84. The van der Waals surface area contributed by atoms with Crippen molar-refractivity contribution in [1.82, 2.24) is 20.5 Å². The second-order valence-electron chi connectivity index (χ2n) is 7.81. The second-order valence-corrected chi connectivity index (χ2v) is 7.81. The van der Waals surface area contributed by atoms with Crippen LogP contribution in [-0.2, 0) is 11.3 Å². The van der Waals surface area contributed by atoms with Gasteiger partial charge in [0.05, 0.1) is 11.8 Å². The predicted molar refractivity (Wildman–Crippen MR) is 93.4 cm³/mol. The van der Waals surface area contributed by atoms with Crippen molar-refractivity contribution in [3.63, 3.8) is 0 Å². The molecule has 0 saturated heterocycles. The number of rotatable bonds is 6. The van der Waals surface area contributed by atoms with E-state index in [1.54, 1.807) is 32.2 Å². The number of hydrogen-bond acceptors (Lipinski definition) is 7. The molecular weight excluding hydrogens is 374 g/mol. The van der Waals surface area contributed by atoms with Gasteiger partial charge in [0, 0.05) is 25.8 Å². The van der Waals surface area contributed by atoms with Gasteiger partial charge in [0.1, 0.15) is 12.0 Å². The summed E-state index contributed by atoms with van der Waals surface area (Å²) in [6.07, 6.45) is 6.53. The van der Waals surface area contributed by atoms with Crippen LogP contribution < -0.4 is 0 Å². The lowest BCUT2D eigenvalue weighted by atomic mass is 9.86. The Bertz CT molecular complexity index is 747. The minimum absolute atomic E-state index is 0.0465. The minimum atomic E-state index is -2.65. The first kappa shape index (κ1) is 20.2. The maximum Gasteiger partial charge on any atom is 0.299 e. The normalized spacial score (nSPS) is 19.5. The average molecular weight is 398 g/mol. The van der Waals surface area contributed by atoms with Crippen LogP contribution >= 0.6 is 0 Å². The topological polar surface area (TPSA) is 91.9 Å². The summed E-state index contributed by atoms with van der Waals surface area (Å²) in [4.78, 5) is 18.5. The van der Waals surface area contributed by atoms with E-state index in [-0.39, 0.29) is 43.1 Å². The van der Waals surface area contributed by atoms with E-state index < -0.39 is 17.4 Å². The standard InChI is InChI=1S/C18H24F2N4O4/c1-17(2,26)11-14-15(22-28-21-14)16(25)23(24-9-3-4-10-27-24)12-13-5-7-18(19,20)8-6-13/h3-4,9-10,13,26H,5-8,11-12H2,1-2H3. The van der Waals surface area contributed by atoms with Gasteiger partial charge in [0.15, 0.2) is 5.69 Å². The Kier molecular flexibility index (Phi) is 5.69. The van der Waals surface area contributed by atoms with E-state index in [4.69, 9.17) is 9.47 Å². The van der Waals surface area contributed by atoms with Gasteiger partial charge in [-0.1, -0.05) is 5.16 Å². The Labute approximate surface area is 161 Å². The van der Waals surface area contributed by atoms with Gasteiger partial charge in [0.2, 0.25) is 5.92 Å². The van der Waals surface area contributed by atoms with E-state index in [1.807, 2.05) is 0 Å². The fourth-order valence-electron chi connectivity index (χ4n) is 3.24. The number of carbonyl (C=O) groups is 1. The van der Waals surface area contributed by atoms with Crippen LogP contribution in [0.4, 0.5) is 8.78 Å². The van der Waals surface area contributed by atoms with E-state index in [1.165, 1.54) is 16.4 Å². The summed E-state index contributed by atoms with van der Waals surface area (Å²) in [5.41, 5.74) is -0.943. The van der Waals surface area contributed by atoms with Gasteiger partial charge in [0.25, 0.3) is 5.91 Å². The highest BCUT2D eigenvalue weighted by molar-refractivity contribution is 5.92. The lowest BCUT2D eigenvalue weighted by Crippen LogP contribution is -2.47. The summed E-state index contributed by atoms with van der Waals surface area (Å²) in [7, 11) is 0. The highest BCUT2D eigenvalue weighted by atomic mass is 19.3. The molecule has 1 aromatic rings. The molecule has 2 heterocycles. The van der Waals surface area contributed by atoms with Crippen LogP contribution in [0.1, 0.15) is 55.7 Å². The monoisotopic (exact) mass is 398 g/mol. The van der Waals surface area contributed by atoms with Gasteiger partial charge in [-0.05, 0) is 49.9 Å². The molecule has 1 fully saturated rings. The highest BCUT2D eigenvalue weighted by Gasteiger charge is 2.38. The zero-order valence-corrected chi connectivity index (χ0v) is 15.8. The first-order valence-electron chi connectivity index (χ1n) is 9.17. The molecule has 0 spiro atoms. The van der Waals surface area contributed by atoms with Crippen LogP contribution in [0.15, 0.2) is 29.2 Å². The van der Waals surface area contributed by atoms with Crippen LogP contribution in [0.25, 0.3) is 0 Å². The molecular formula is C18H24F2N4O4. The van der Waals surface area contributed by atoms with Crippen molar-refractivity contribution in [1.29, 1.82) is 0 Å². The van der Waals surface area contributed by atoms with Gasteiger partial charge in [-0.3, -0.25) is 4.79 Å². The summed E-state index contributed by atoms with van der Waals surface area (Å²) in [6, 6.07) is 0. The fourth-order valence-corrected chi connectivity index (χ4v) is 3.24. The number of hydrogen-bond donors (Lipinski definition) is 1. The van der Waals surface area contributed by atoms with Crippen molar-refractivity contribution in [3.05, 3.63) is 36.0 Å². The Hall–Kier alpha value is -2.49. The number of aromatic nitrogens is 2. The Morgan fingerprint density at radius 2 is 2.07 bits per heavy atom. The summed E-state index contributed by atoms with van der Waals surface area (Å²) >= 11 is 0. The van der Waals surface area contributed by atoms with E-state index in [2.05, 4.69) is 10.3 Å². The summed E-state index contributed by atoms with van der Waals surface area (Å²) in [6.45, 7) is 3.34. The van der Waals surface area contributed by atoms with Gasteiger partial charge in [-0.15, -0.1) is 5.17 Å². The Morgan fingerprint density at radius 1 is 1.36 bits per heavy atom. The third kappa shape index (κ3) is 5.06. The summed E-state index contributed by atoms with van der Waals surface area (Å²) in [5, 5.41) is 20.0. The maximum absolute atomic E-state index is 13.5. The molecule has 1 aliphatic heterocycles. The molecule has 2 aliphatic rings. The zero-order valence-electron chi connectivity index (χ0n) is 15.8. The van der Waals surface area contributed by atoms with Gasteiger partial charge in [-0.2, -0.15) is 0 Å². The summed E-state index contributed by atoms with van der Waals surface area (Å²) < 4.78 is 31.7. The van der Waals surface area contributed by atoms with E-state index in [0.29, 0.717) is 12.8 Å². The third-order valence-corrected chi connectivity index (χ3v) is 4.67. The fraction of sp³-hybridized carbons (Fsp3) is 0.611. The van der Waals surface area contributed by atoms with Crippen LogP contribution in [0.2, 0.25) is 0 Å². The molecule has 1 aliphatic carbocycles. The number of alkyl halides is 2. The molecule has 154 valence electrons. The number of hydroxylamine groups is 1. The second kappa shape index (κ2) is 7.86. The lowest BCUT2D eigenvalue weighted by Gasteiger charge is -2.36. The number of carbonyl (C=O) groups excluding carboxylic acids is 1. The van der Waals surface area contributed by atoms with Gasteiger partial charge >= 0.3 is 0 Å². The number of hydrazine groups is 1. The molecule has 28 heavy (non-hydrogen) atoms. The smallest absolute Gasteiger partial charge is 0.299 e. The van der Waals surface area contributed by atoms with Crippen LogP contribution in [0.5, 0.6) is 0 Å². The molecule has 10 heteroatoms. The third-order valence-electron chi connectivity index (χ3n) is 4.67. The highest BCUT2D eigenvalue weighted by Crippen LogP contribution is 2.36. The van der Waals surface area contributed by atoms with Gasteiger partial charge < -0.3 is 9.94 Å². The van der Waals surface area contributed by atoms with Crippen molar-refractivity contribution < 1.29 is 28.1 Å². The van der Waals surface area contributed by atoms with Crippen LogP contribution in [0, 0.1) is 5.92 Å². The first-order chi connectivity index (χ1) is 13.1. The minimum Gasteiger partial charge on any atom is -0.390 e. The van der Waals surface area contributed by atoms with Gasteiger partial charge in [-0.25, -0.2) is 18.4 Å². The number of allylic oxidation sites excluding steroid dienone is 2. The molecule has 0 unspecified atom stereocenters. The average Bonchev–Trinajstić information content (AvgIpc) is 3.07. The molecule has 3 rings (SSSR count). The molecule has 0 aromatic carbocycles. The Balaban J connectivity index is 1.79. The number of aliphatic hydroxyl groups is 1. The SMILES string of the molecule is CC(C)(O)Cc1nonc1C(=O)N(CC1CCC(F)(F)CC1)N1C=CC=CO1. The van der Waals surface area contributed by atoms with Crippen molar-refractivity contribution in [2.75, 3.05) is 6.54 Å². The number of amides is 1. The molecule has 8 nitrogen and oxygen atoms in total.